The molecule has 3 nitrogen and oxygen atoms in total. The zero-order chi connectivity index (χ0) is 13.2. The van der Waals surface area contributed by atoms with Crippen molar-refractivity contribution in [2.24, 2.45) is 5.41 Å². The third kappa shape index (κ3) is 3.19. The van der Waals surface area contributed by atoms with Crippen LogP contribution in [0, 0.1) is 12.3 Å². The van der Waals surface area contributed by atoms with Crippen molar-refractivity contribution in [2.45, 2.75) is 31.1 Å². The van der Waals surface area contributed by atoms with E-state index in [0.717, 1.165) is 29.2 Å². The molecule has 1 saturated carbocycles. The third-order valence-electron chi connectivity index (χ3n) is 3.41. The predicted octanol–water partition coefficient (Wildman–Crippen LogP) is 3.01. The quantitative estimate of drug-likeness (QED) is 0.505. The maximum atomic E-state index is 11.3. The Morgan fingerprint density at radius 2 is 2.22 bits per heavy atom. The molecule has 0 heterocycles. The summed E-state index contributed by atoms with van der Waals surface area (Å²) in [5.41, 5.74) is 8.13. The highest BCUT2D eigenvalue weighted by Gasteiger charge is 2.44. The zero-order valence-electron chi connectivity index (χ0n) is 10.9. The van der Waals surface area contributed by atoms with Crippen molar-refractivity contribution in [3.8, 4) is 0 Å². The molecule has 2 N–H and O–H groups in total. The van der Waals surface area contributed by atoms with Crippen LogP contribution in [0.5, 0.6) is 0 Å². The average Bonchev–Trinajstić information content (AvgIpc) is 3.10. The fourth-order valence-electron chi connectivity index (χ4n) is 1.92. The van der Waals surface area contributed by atoms with Crippen LogP contribution < -0.4 is 5.73 Å². The van der Waals surface area contributed by atoms with Gasteiger partial charge in [0.25, 0.3) is 0 Å². The first-order valence-corrected chi connectivity index (χ1v) is 7.09. The molecule has 0 saturated heterocycles. The number of thioether (sulfide) groups is 1. The molecule has 0 aliphatic heterocycles. The van der Waals surface area contributed by atoms with Gasteiger partial charge in [0.1, 0.15) is 0 Å². The Balaban J connectivity index is 1.95. The zero-order valence-corrected chi connectivity index (χ0v) is 11.7. The van der Waals surface area contributed by atoms with Crippen molar-refractivity contribution in [3.05, 3.63) is 23.8 Å². The SMILES string of the molecule is COC(=O)CC1(CSc2cc(C)ccc2N)CC1. The molecular weight excluding hydrogens is 246 g/mol. The number of nitrogen functional groups attached to an aromatic ring is 1. The predicted molar refractivity (Wildman–Crippen MR) is 74.6 cm³/mol. The van der Waals surface area contributed by atoms with Crippen LogP contribution in [-0.2, 0) is 9.53 Å². The summed E-state index contributed by atoms with van der Waals surface area (Å²) < 4.78 is 4.75. The molecule has 0 amide bonds. The van der Waals surface area contributed by atoms with Gasteiger partial charge in [-0.15, -0.1) is 11.8 Å². The van der Waals surface area contributed by atoms with Gasteiger partial charge >= 0.3 is 5.97 Å². The summed E-state index contributed by atoms with van der Waals surface area (Å²) in [4.78, 5) is 12.5. The van der Waals surface area contributed by atoms with Crippen LogP contribution in [0.15, 0.2) is 23.1 Å². The Hall–Kier alpha value is -1.16. The number of benzene rings is 1. The molecule has 1 aliphatic carbocycles. The molecule has 0 radical (unpaired) electrons. The number of hydrogen-bond acceptors (Lipinski definition) is 4. The highest BCUT2D eigenvalue weighted by atomic mass is 32.2. The minimum atomic E-state index is -0.106. The number of rotatable bonds is 5. The number of anilines is 1. The maximum Gasteiger partial charge on any atom is 0.306 e. The number of nitrogens with two attached hydrogens (primary N) is 1. The highest BCUT2D eigenvalue weighted by molar-refractivity contribution is 7.99. The first-order chi connectivity index (χ1) is 8.54. The fraction of sp³-hybridized carbons (Fsp3) is 0.500. The van der Waals surface area contributed by atoms with Gasteiger partial charge in [-0.2, -0.15) is 0 Å². The summed E-state index contributed by atoms with van der Waals surface area (Å²) in [6.07, 6.45) is 2.75. The molecule has 1 aromatic rings. The van der Waals surface area contributed by atoms with E-state index in [-0.39, 0.29) is 11.4 Å². The summed E-state index contributed by atoms with van der Waals surface area (Å²) in [5, 5.41) is 0. The molecular formula is C14H19NO2S. The van der Waals surface area contributed by atoms with E-state index in [2.05, 4.69) is 13.0 Å². The first-order valence-electron chi connectivity index (χ1n) is 6.10. The summed E-state index contributed by atoms with van der Waals surface area (Å²) >= 11 is 1.75. The molecule has 1 fully saturated rings. The number of carbonyl (C=O) groups excluding carboxylic acids is 1. The molecule has 4 heteroatoms. The molecule has 0 spiro atoms. The van der Waals surface area contributed by atoms with E-state index in [1.54, 1.807) is 11.8 Å². The van der Waals surface area contributed by atoms with Crippen molar-refractivity contribution in [2.75, 3.05) is 18.6 Å². The second-order valence-corrected chi connectivity index (χ2v) is 6.10. The van der Waals surface area contributed by atoms with E-state index in [9.17, 15) is 4.79 Å². The summed E-state index contributed by atoms with van der Waals surface area (Å²) in [6, 6.07) is 6.06. The van der Waals surface area contributed by atoms with Crippen molar-refractivity contribution < 1.29 is 9.53 Å². The highest BCUT2D eigenvalue weighted by Crippen LogP contribution is 2.52. The topological polar surface area (TPSA) is 52.3 Å². The lowest BCUT2D eigenvalue weighted by Gasteiger charge is -2.14. The van der Waals surface area contributed by atoms with Crippen molar-refractivity contribution in [3.63, 3.8) is 0 Å². The van der Waals surface area contributed by atoms with Gasteiger partial charge in [0.15, 0.2) is 0 Å². The van der Waals surface area contributed by atoms with E-state index in [1.165, 1.54) is 12.7 Å². The number of ether oxygens (including phenoxy) is 1. The van der Waals surface area contributed by atoms with Crippen molar-refractivity contribution in [1.82, 2.24) is 0 Å². The Labute approximate surface area is 112 Å². The Bertz CT molecular complexity index is 455. The van der Waals surface area contributed by atoms with Gasteiger partial charge in [-0.3, -0.25) is 4.79 Å². The largest absolute Gasteiger partial charge is 0.469 e. The first kappa shape index (κ1) is 13.3. The second kappa shape index (κ2) is 5.22. The number of esters is 1. The molecule has 0 bridgehead atoms. The van der Waals surface area contributed by atoms with Crippen LogP contribution in [0.25, 0.3) is 0 Å². The van der Waals surface area contributed by atoms with Crippen molar-refractivity contribution in [1.29, 1.82) is 0 Å². The number of aryl methyl sites for hydroxylation is 1. The molecule has 0 atom stereocenters. The van der Waals surface area contributed by atoms with E-state index >= 15 is 0 Å². The minimum absolute atomic E-state index is 0.106. The molecule has 0 unspecified atom stereocenters. The standard InChI is InChI=1S/C14H19NO2S/c1-10-3-4-11(15)12(7-10)18-9-14(5-6-14)8-13(16)17-2/h3-4,7H,5-6,8-9,15H2,1-2H3. The summed E-state index contributed by atoms with van der Waals surface area (Å²) in [5.74, 6) is 0.834. The smallest absolute Gasteiger partial charge is 0.306 e. The van der Waals surface area contributed by atoms with E-state index < -0.39 is 0 Å². The lowest BCUT2D eigenvalue weighted by atomic mass is 10.1. The third-order valence-corrected chi connectivity index (χ3v) is 4.83. The lowest BCUT2D eigenvalue weighted by Crippen LogP contribution is -2.13. The van der Waals surface area contributed by atoms with E-state index in [1.807, 2.05) is 12.1 Å². The minimum Gasteiger partial charge on any atom is -0.469 e. The van der Waals surface area contributed by atoms with Gasteiger partial charge in [-0.25, -0.2) is 0 Å². The maximum absolute atomic E-state index is 11.3. The second-order valence-electron chi connectivity index (χ2n) is 5.08. The molecule has 2 rings (SSSR count). The monoisotopic (exact) mass is 265 g/mol. The van der Waals surface area contributed by atoms with Crippen LogP contribution in [0.3, 0.4) is 0 Å². The van der Waals surface area contributed by atoms with Crippen molar-refractivity contribution >= 4 is 23.4 Å². The number of hydrogen-bond donors (Lipinski definition) is 1. The molecule has 1 aromatic carbocycles. The molecule has 0 aromatic heterocycles. The fourth-order valence-corrected chi connectivity index (χ4v) is 3.28. The van der Waals surface area contributed by atoms with E-state index in [4.69, 9.17) is 10.5 Å². The van der Waals surface area contributed by atoms with Gasteiger partial charge in [-0.1, -0.05) is 6.07 Å². The lowest BCUT2D eigenvalue weighted by molar-refractivity contribution is -0.141. The Morgan fingerprint density at radius 1 is 1.50 bits per heavy atom. The van der Waals surface area contributed by atoms with Crippen LogP contribution >= 0.6 is 11.8 Å². The van der Waals surface area contributed by atoms with Crippen LogP contribution in [0.2, 0.25) is 0 Å². The van der Waals surface area contributed by atoms with E-state index in [0.29, 0.717) is 6.42 Å². The molecule has 18 heavy (non-hydrogen) atoms. The van der Waals surface area contributed by atoms with Crippen LogP contribution in [-0.4, -0.2) is 18.8 Å². The van der Waals surface area contributed by atoms with Gasteiger partial charge in [0.2, 0.25) is 0 Å². The normalized spacial score (nSPS) is 16.3. The van der Waals surface area contributed by atoms with Crippen LogP contribution in [0.4, 0.5) is 5.69 Å². The summed E-state index contributed by atoms with van der Waals surface area (Å²) in [7, 11) is 1.45. The Morgan fingerprint density at radius 3 is 2.83 bits per heavy atom. The average molecular weight is 265 g/mol. The number of carbonyl (C=O) groups is 1. The Kier molecular flexibility index (Phi) is 3.85. The number of methoxy groups -OCH3 is 1. The van der Waals surface area contributed by atoms with Crippen LogP contribution in [0.1, 0.15) is 24.8 Å². The van der Waals surface area contributed by atoms with Gasteiger partial charge < -0.3 is 10.5 Å². The molecule has 98 valence electrons. The van der Waals surface area contributed by atoms with Gasteiger partial charge in [0.05, 0.1) is 13.5 Å². The van der Waals surface area contributed by atoms with Gasteiger partial charge in [0, 0.05) is 16.3 Å². The molecule has 1 aliphatic rings. The summed E-state index contributed by atoms with van der Waals surface area (Å²) in [6.45, 7) is 2.06. The van der Waals surface area contributed by atoms with Gasteiger partial charge in [-0.05, 0) is 42.9 Å².